The summed E-state index contributed by atoms with van der Waals surface area (Å²) in [6.45, 7) is 10.4. The van der Waals surface area contributed by atoms with Crippen molar-refractivity contribution in [2.24, 2.45) is 0 Å². The predicted molar refractivity (Wildman–Crippen MR) is 129 cm³/mol. The summed E-state index contributed by atoms with van der Waals surface area (Å²) < 4.78 is 32.1. The fourth-order valence-corrected chi connectivity index (χ4v) is 5.40. The molecule has 1 aromatic heterocycles. The maximum Gasteiger partial charge on any atom is 0.351 e. The van der Waals surface area contributed by atoms with E-state index in [-0.39, 0.29) is 37.5 Å². The second kappa shape index (κ2) is 13.6. The molecule has 5 atom stereocenters. The predicted octanol–water partition coefficient (Wildman–Crippen LogP) is 1.88. The van der Waals surface area contributed by atoms with Gasteiger partial charge in [-0.3, -0.25) is 14.2 Å². The van der Waals surface area contributed by atoms with Gasteiger partial charge >= 0.3 is 17.6 Å². The Morgan fingerprint density at radius 2 is 1.81 bits per heavy atom. The first-order valence-electron chi connectivity index (χ1n) is 11.5. The van der Waals surface area contributed by atoms with Gasteiger partial charge in [-0.15, -0.1) is 0 Å². The van der Waals surface area contributed by atoms with Crippen LogP contribution in [-0.2, 0) is 32.8 Å². The minimum Gasteiger partial charge on any atom is -0.456 e. The number of ether oxygens (including phenoxy) is 3. The van der Waals surface area contributed by atoms with Gasteiger partial charge in [0.2, 0.25) is 0 Å². The molecule has 1 aliphatic heterocycles. The minimum absolute atomic E-state index is 0.0114. The molecule has 0 aliphatic carbocycles. The van der Waals surface area contributed by atoms with Gasteiger partial charge in [-0.2, -0.15) is 10.2 Å². The van der Waals surface area contributed by atoms with Gasteiger partial charge in [-0.1, -0.05) is 0 Å². The third-order valence-electron chi connectivity index (χ3n) is 5.03. The zero-order chi connectivity index (χ0) is 27.0. The molecule has 2 rings (SSSR count). The number of aromatic nitrogens is 2. The van der Waals surface area contributed by atoms with E-state index >= 15 is 0 Å². The number of nitrogens with zero attached hydrogens (tertiary/aromatic N) is 4. The molecule has 1 aromatic rings. The fraction of sp³-hybridized carbons (Fsp3) is 0.682. The smallest absolute Gasteiger partial charge is 0.351 e. The molecule has 0 amide bonds. The third-order valence-corrected chi connectivity index (χ3v) is 7.10. The van der Waals surface area contributed by atoms with Gasteiger partial charge in [0.1, 0.15) is 11.9 Å². The summed E-state index contributed by atoms with van der Waals surface area (Å²) >= 11 is 0. The van der Waals surface area contributed by atoms with Crippen LogP contribution >= 0.6 is 8.53 Å². The summed E-state index contributed by atoms with van der Waals surface area (Å²) in [6.07, 6.45) is -2.76. The summed E-state index contributed by atoms with van der Waals surface area (Å²) in [5.41, 5.74) is 4.87. The molecule has 1 aliphatic rings. The maximum atomic E-state index is 12.5. The molecule has 0 aromatic carbocycles. The molecular formula is C22H34N5O8P. The molecule has 0 spiro atoms. The highest BCUT2D eigenvalue weighted by Gasteiger charge is 2.51. The summed E-state index contributed by atoms with van der Waals surface area (Å²) in [5.74, 6) is -1.28. The van der Waals surface area contributed by atoms with E-state index in [4.69, 9.17) is 34.3 Å². The monoisotopic (exact) mass is 527 g/mol. The van der Waals surface area contributed by atoms with Crippen molar-refractivity contribution in [3.63, 3.8) is 0 Å². The Hall–Kier alpha value is -2.62. The van der Waals surface area contributed by atoms with E-state index in [0.717, 1.165) is 4.57 Å². The number of carbonyl (C=O) groups is 2. The van der Waals surface area contributed by atoms with Crippen LogP contribution in [0.4, 0.5) is 5.82 Å². The van der Waals surface area contributed by atoms with Crippen molar-refractivity contribution in [1.82, 2.24) is 14.2 Å². The topological polar surface area (TPSA) is 168 Å². The van der Waals surface area contributed by atoms with E-state index < -0.39 is 50.7 Å². The molecule has 1 fully saturated rings. The number of rotatable bonds is 12. The Bertz CT molecular complexity index is 989. The number of anilines is 1. The normalized spacial score (nSPS) is 22.6. The standard InChI is InChI=1S/C22H34N5O8P/c1-13(2)27(14(3)4)36(31-11-7-9-23)32-12-17-19(33-15(5)28)20(34-16(6)29)21(35-17)26-10-8-18(24)25-22(26)30/h8,10,13-14,17,19-21H,7,11-12H2,1-6H3,(H2,24,25,30)/t17-,19-,20-,21-,36?/m1/s1. The molecule has 2 heterocycles. The highest BCUT2D eigenvalue weighted by Crippen LogP contribution is 2.47. The SMILES string of the molecule is CC(=O)O[C@@H]1[C@H](OC(C)=O)[C@@H](COP(OCCC#N)N(C(C)C)C(C)C)O[C@H]1n1ccc(N)nc1=O. The van der Waals surface area contributed by atoms with Crippen LogP contribution in [0.15, 0.2) is 17.1 Å². The summed E-state index contributed by atoms with van der Waals surface area (Å²) in [5, 5.41) is 8.91. The van der Waals surface area contributed by atoms with E-state index in [2.05, 4.69) is 4.98 Å². The molecule has 0 bridgehead atoms. The van der Waals surface area contributed by atoms with Crippen molar-refractivity contribution in [2.45, 2.75) is 84.6 Å². The average molecular weight is 528 g/mol. The van der Waals surface area contributed by atoms with Crippen LogP contribution in [0.5, 0.6) is 0 Å². The Kier molecular flexibility index (Phi) is 11.2. The fourth-order valence-electron chi connectivity index (χ4n) is 3.79. The van der Waals surface area contributed by atoms with Crippen molar-refractivity contribution in [1.29, 1.82) is 5.26 Å². The molecule has 0 saturated carbocycles. The number of nitrogens with two attached hydrogens (primary N) is 1. The van der Waals surface area contributed by atoms with Crippen LogP contribution < -0.4 is 11.4 Å². The lowest BCUT2D eigenvalue weighted by Gasteiger charge is -2.36. The van der Waals surface area contributed by atoms with Gasteiger partial charge in [0.25, 0.3) is 8.53 Å². The molecule has 2 N–H and O–H groups in total. The number of hydrogen-bond acceptors (Lipinski definition) is 12. The van der Waals surface area contributed by atoms with Crippen LogP contribution in [0.25, 0.3) is 0 Å². The van der Waals surface area contributed by atoms with Gasteiger partial charge in [-0.25, -0.2) is 9.46 Å². The molecule has 1 unspecified atom stereocenters. The molecule has 36 heavy (non-hydrogen) atoms. The molecule has 1 saturated heterocycles. The zero-order valence-corrected chi connectivity index (χ0v) is 22.2. The van der Waals surface area contributed by atoms with E-state index in [0.29, 0.717) is 0 Å². The van der Waals surface area contributed by atoms with Crippen LogP contribution in [0.2, 0.25) is 0 Å². The molecule has 14 heteroatoms. The summed E-state index contributed by atoms with van der Waals surface area (Å²) in [7, 11) is -1.62. The van der Waals surface area contributed by atoms with Crippen molar-refractivity contribution in [3.05, 3.63) is 22.7 Å². The number of carbonyl (C=O) groups excluding carboxylic acids is 2. The first kappa shape index (κ1) is 29.6. The van der Waals surface area contributed by atoms with Crippen molar-refractivity contribution in [2.75, 3.05) is 18.9 Å². The Morgan fingerprint density at radius 3 is 2.33 bits per heavy atom. The van der Waals surface area contributed by atoms with E-state index in [9.17, 15) is 14.4 Å². The molecule has 200 valence electrons. The average Bonchev–Trinajstić information content (AvgIpc) is 3.07. The zero-order valence-electron chi connectivity index (χ0n) is 21.3. The number of esters is 2. The highest BCUT2D eigenvalue weighted by molar-refractivity contribution is 7.44. The number of hydrogen-bond donors (Lipinski definition) is 1. The largest absolute Gasteiger partial charge is 0.456 e. The lowest BCUT2D eigenvalue weighted by molar-refractivity contribution is -0.165. The van der Waals surface area contributed by atoms with E-state index in [1.54, 1.807) is 0 Å². The summed E-state index contributed by atoms with van der Waals surface area (Å²) in [6, 6.07) is 3.56. The number of nitrogen functional groups attached to an aromatic ring is 1. The van der Waals surface area contributed by atoms with E-state index in [1.807, 2.05) is 38.4 Å². The quantitative estimate of drug-likeness (QED) is 0.238. The first-order chi connectivity index (χ1) is 17.0. The van der Waals surface area contributed by atoms with Gasteiger partial charge in [0, 0.05) is 32.1 Å². The molecule has 13 nitrogen and oxygen atoms in total. The lowest BCUT2D eigenvalue weighted by atomic mass is 10.1. The second-order valence-electron chi connectivity index (χ2n) is 8.60. The first-order valence-corrected chi connectivity index (χ1v) is 12.6. The lowest BCUT2D eigenvalue weighted by Crippen LogP contribution is -2.42. The van der Waals surface area contributed by atoms with Crippen molar-refractivity contribution >= 4 is 26.3 Å². The van der Waals surface area contributed by atoms with Crippen molar-refractivity contribution in [3.8, 4) is 6.07 Å². The second-order valence-corrected chi connectivity index (χ2v) is 10.1. The van der Waals surface area contributed by atoms with Crippen LogP contribution in [0, 0.1) is 11.3 Å². The van der Waals surface area contributed by atoms with Crippen LogP contribution in [-0.4, -0.2) is 69.8 Å². The Balaban J connectivity index is 2.37. The number of nitriles is 1. The molecular weight excluding hydrogens is 493 g/mol. The highest BCUT2D eigenvalue weighted by atomic mass is 31.2. The van der Waals surface area contributed by atoms with E-state index in [1.165, 1.54) is 26.1 Å². The third kappa shape index (κ3) is 7.94. The van der Waals surface area contributed by atoms with Gasteiger partial charge in [0.15, 0.2) is 18.4 Å². The van der Waals surface area contributed by atoms with Crippen LogP contribution in [0.1, 0.15) is 54.2 Å². The summed E-state index contributed by atoms with van der Waals surface area (Å²) in [4.78, 5) is 40.0. The van der Waals surface area contributed by atoms with Gasteiger partial charge < -0.3 is 29.0 Å². The minimum atomic E-state index is -1.62. The molecule has 0 radical (unpaired) electrons. The maximum absolute atomic E-state index is 12.5. The Labute approximate surface area is 211 Å². The Morgan fingerprint density at radius 1 is 1.19 bits per heavy atom. The van der Waals surface area contributed by atoms with Crippen molar-refractivity contribution < 1.29 is 32.8 Å². The van der Waals surface area contributed by atoms with Crippen LogP contribution in [0.3, 0.4) is 0 Å². The van der Waals surface area contributed by atoms with Gasteiger partial charge in [0.05, 0.1) is 25.7 Å². The van der Waals surface area contributed by atoms with Gasteiger partial charge in [-0.05, 0) is 33.8 Å².